The number of hydrogen-bond donors (Lipinski definition) is 1. The minimum absolute atomic E-state index is 0.0117. The van der Waals surface area contributed by atoms with E-state index < -0.39 is 0 Å². The summed E-state index contributed by atoms with van der Waals surface area (Å²) >= 11 is 0. The molecule has 1 aromatic carbocycles. The maximum atomic E-state index is 6.20. The number of hydrogen-bond acceptors (Lipinski definition) is 2. The van der Waals surface area contributed by atoms with Crippen LogP contribution < -0.4 is 10.5 Å². The minimum Gasteiger partial charge on any atom is -0.488 e. The van der Waals surface area contributed by atoms with Gasteiger partial charge in [-0.2, -0.15) is 0 Å². The van der Waals surface area contributed by atoms with E-state index in [2.05, 4.69) is 39.8 Å². The van der Waals surface area contributed by atoms with E-state index in [4.69, 9.17) is 10.5 Å². The number of fused-ring (bicyclic) bond motifs is 1. The molecule has 0 spiro atoms. The fourth-order valence-corrected chi connectivity index (χ4v) is 2.37. The highest BCUT2D eigenvalue weighted by molar-refractivity contribution is 5.52. The van der Waals surface area contributed by atoms with Crippen LogP contribution in [0.5, 0.6) is 5.75 Å². The SMILES string of the molecule is CCc1cc2c(c(C(C)(C)C)c1)OC(C)C2N. The second kappa shape index (κ2) is 4.02. The third-order valence-electron chi connectivity index (χ3n) is 3.56. The Hall–Kier alpha value is -1.02. The maximum Gasteiger partial charge on any atom is 0.128 e. The van der Waals surface area contributed by atoms with Gasteiger partial charge < -0.3 is 10.5 Å². The van der Waals surface area contributed by atoms with Crippen LogP contribution >= 0.6 is 0 Å². The average Bonchev–Trinajstić information content (AvgIpc) is 2.53. The fraction of sp³-hybridized carbons (Fsp3) is 0.600. The molecule has 0 bridgehead atoms. The Labute approximate surface area is 104 Å². The van der Waals surface area contributed by atoms with Crippen molar-refractivity contribution >= 4 is 0 Å². The van der Waals surface area contributed by atoms with E-state index in [-0.39, 0.29) is 17.6 Å². The lowest BCUT2D eigenvalue weighted by Crippen LogP contribution is -2.21. The van der Waals surface area contributed by atoms with Crippen LogP contribution in [0.4, 0.5) is 0 Å². The molecular formula is C15H23NO. The topological polar surface area (TPSA) is 35.2 Å². The molecule has 0 saturated carbocycles. The number of nitrogens with two attached hydrogens (primary N) is 1. The largest absolute Gasteiger partial charge is 0.488 e. The smallest absolute Gasteiger partial charge is 0.128 e. The van der Waals surface area contributed by atoms with Gasteiger partial charge in [0.25, 0.3) is 0 Å². The summed E-state index contributed by atoms with van der Waals surface area (Å²) in [4.78, 5) is 0. The van der Waals surface area contributed by atoms with E-state index >= 15 is 0 Å². The van der Waals surface area contributed by atoms with E-state index in [0.717, 1.165) is 12.2 Å². The first kappa shape index (κ1) is 12.4. The fourth-order valence-electron chi connectivity index (χ4n) is 2.37. The molecule has 1 aromatic rings. The quantitative estimate of drug-likeness (QED) is 0.807. The molecule has 0 saturated heterocycles. The van der Waals surface area contributed by atoms with Crippen LogP contribution in [0.2, 0.25) is 0 Å². The predicted octanol–water partition coefficient (Wildman–Crippen LogP) is 3.33. The molecule has 0 fully saturated rings. The van der Waals surface area contributed by atoms with Crippen LogP contribution in [0.15, 0.2) is 12.1 Å². The normalized spacial score (nSPS) is 23.4. The number of aryl methyl sites for hydroxylation is 1. The van der Waals surface area contributed by atoms with Crippen molar-refractivity contribution in [2.75, 3.05) is 0 Å². The number of ether oxygens (including phenoxy) is 1. The summed E-state index contributed by atoms with van der Waals surface area (Å²) < 4.78 is 5.95. The van der Waals surface area contributed by atoms with E-state index in [9.17, 15) is 0 Å². The molecule has 0 amide bonds. The van der Waals surface area contributed by atoms with Gasteiger partial charge in [0, 0.05) is 11.1 Å². The Bertz CT molecular complexity index is 431. The Morgan fingerprint density at radius 3 is 2.47 bits per heavy atom. The van der Waals surface area contributed by atoms with Gasteiger partial charge in [-0.3, -0.25) is 0 Å². The Morgan fingerprint density at radius 1 is 1.29 bits per heavy atom. The highest BCUT2D eigenvalue weighted by Crippen LogP contribution is 2.43. The molecule has 0 aliphatic carbocycles. The molecule has 1 heterocycles. The van der Waals surface area contributed by atoms with Gasteiger partial charge >= 0.3 is 0 Å². The highest BCUT2D eigenvalue weighted by atomic mass is 16.5. The monoisotopic (exact) mass is 233 g/mol. The Morgan fingerprint density at radius 2 is 1.94 bits per heavy atom. The van der Waals surface area contributed by atoms with Crippen molar-refractivity contribution in [3.8, 4) is 5.75 Å². The van der Waals surface area contributed by atoms with Gasteiger partial charge in [0.15, 0.2) is 0 Å². The third-order valence-corrected chi connectivity index (χ3v) is 3.56. The molecule has 94 valence electrons. The number of benzene rings is 1. The lowest BCUT2D eigenvalue weighted by atomic mass is 9.83. The van der Waals surface area contributed by atoms with Crippen molar-refractivity contribution in [1.29, 1.82) is 0 Å². The van der Waals surface area contributed by atoms with Gasteiger partial charge in [-0.1, -0.05) is 39.8 Å². The third kappa shape index (κ3) is 2.06. The zero-order valence-corrected chi connectivity index (χ0v) is 11.5. The van der Waals surface area contributed by atoms with Crippen molar-refractivity contribution in [1.82, 2.24) is 0 Å². The van der Waals surface area contributed by atoms with Gasteiger partial charge in [0.05, 0.1) is 6.04 Å². The number of rotatable bonds is 1. The second-order valence-electron chi connectivity index (χ2n) is 6.01. The summed E-state index contributed by atoms with van der Waals surface area (Å²) in [6.45, 7) is 10.9. The van der Waals surface area contributed by atoms with Crippen molar-refractivity contribution < 1.29 is 4.74 Å². The predicted molar refractivity (Wildman–Crippen MR) is 71.5 cm³/mol. The summed E-state index contributed by atoms with van der Waals surface area (Å²) in [5, 5.41) is 0. The standard InChI is InChI=1S/C15H23NO/c1-6-10-7-11-13(16)9(2)17-14(11)12(8-10)15(3,4)5/h7-9,13H,6,16H2,1-5H3. The van der Waals surface area contributed by atoms with Gasteiger partial charge in [0.2, 0.25) is 0 Å². The van der Waals surface area contributed by atoms with E-state index in [1.165, 1.54) is 16.7 Å². The van der Waals surface area contributed by atoms with E-state index in [1.54, 1.807) is 0 Å². The first-order chi connectivity index (χ1) is 7.84. The van der Waals surface area contributed by atoms with Crippen LogP contribution in [-0.2, 0) is 11.8 Å². The molecule has 0 radical (unpaired) electrons. The van der Waals surface area contributed by atoms with Crippen LogP contribution in [0.25, 0.3) is 0 Å². The summed E-state index contributed by atoms with van der Waals surface area (Å²) in [5.41, 5.74) is 10.1. The molecule has 0 aromatic heterocycles. The van der Waals surface area contributed by atoms with Crippen LogP contribution in [0.1, 0.15) is 57.4 Å². The summed E-state index contributed by atoms with van der Waals surface area (Å²) in [5.74, 6) is 1.02. The van der Waals surface area contributed by atoms with E-state index in [0.29, 0.717) is 0 Å². The maximum absolute atomic E-state index is 6.20. The molecule has 2 heteroatoms. The molecule has 1 aliphatic rings. The lowest BCUT2D eigenvalue weighted by molar-refractivity contribution is 0.224. The van der Waals surface area contributed by atoms with Gasteiger partial charge in [-0.05, 0) is 24.3 Å². The van der Waals surface area contributed by atoms with Crippen molar-refractivity contribution in [2.45, 2.75) is 58.6 Å². The molecule has 2 nitrogen and oxygen atoms in total. The van der Waals surface area contributed by atoms with Crippen LogP contribution in [0, 0.1) is 0 Å². The summed E-state index contributed by atoms with van der Waals surface area (Å²) in [7, 11) is 0. The van der Waals surface area contributed by atoms with E-state index in [1.807, 2.05) is 6.92 Å². The van der Waals surface area contributed by atoms with Gasteiger partial charge in [-0.25, -0.2) is 0 Å². The Kier molecular flexibility index (Phi) is 2.94. The molecule has 2 atom stereocenters. The molecule has 17 heavy (non-hydrogen) atoms. The van der Waals surface area contributed by atoms with Crippen molar-refractivity contribution in [2.24, 2.45) is 5.73 Å². The summed E-state index contributed by atoms with van der Waals surface area (Å²) in [6.07, 6.45) is 1.12. The first-order valence-corrected chi connectivity index (χ1v) is 6.44. The molecule has 1 aliphatic heterocycles. The van der Waals surface area contributed by atoms with Crippen molar-refractivity contribution in [3.63, 3.8) is 0 Å². The molecule has 2 N–H and O–H groups in total. The molecule has 2 rings (SSSR count). The van der Waals surface area contributed by atoms with Crippen molar-refractivity contribution in [3.05, 3.63) is 28.8 Å². The zero-order valence-electron chi connectivity index (χ0n) is 11.5. The van der Waals surface area contributed by atoms with Crippen LogP contribution in [-0.4, -0.2) is 6.10 Å². The average molecular weight is 233 g/mol. The highest BCUT2D eigenvalue weighted by Gasteiger charge is 2.33. The molecular weight excluding hydrogens is 210 g/mol. The lowest BCUT2D eigenvalue weighted by Gasteiger charge is -2.23. The Balaban J connectivity index is 2.62. The molecule has 2 unspecified atom stereocenters. The first-order valence-electron chi connectivity index (χ1n) is 6.44. The summed E-state index contributed by atoms with van der Waals surface area (Å²) in [6, 6.07) is 4.49. The zero-order chi connectivity index (χ0) is 12.8. The van der Waals surface area contributed by atoms with Crippen LogP contribution in [0.3, 0.4) is 0 Å². The van der Waals surface area contributed by atoms with Gasteiger partial charge in [-0.15, -0.1) is 0 Å². The minimum atomic E-state index is 0.0117. The van der Waals surface area contributed by atoms with Gasteiger partial charge in [0.1, 0.15) is 11.9 Å². The second-order valence-corrected chi connectivity index (χ2v) is 6.01.